The first-order chi connectivity index (χ1) is 11.8. The number of benzene rings is 1. The molecule has 1 aromatic carbocycles. The lowest BCUT2D eigenvalue weighted by Crippen LogP contribution is -2.30. The number of amides is 1. The van der Waals surface area contributed by atoms with Gasteiger partial charge in [-0.15, -0.1) is 0 Å². The van der Waals surface area contributed by atoms with E-state index in [0.717, 1.165) is 11.8 Å². The van der Waals surface area contributed by atoms with E-state index in [2.05, 4.69) is 5.32 Å². The molecule has 0 radical (unpaired) electrons. The Morgan fingerprint density at radius 2 is 2.00 bits per heavy atom. The van der Waals surface area contributed by atoms with Gasteiger partial charge in [-0.1, -0.05) is 25.1 Å². The van der Waals surface area contributed by atoms with Crippen molar-refractivity contribution in [1.29, 1.82) is 0 Å². The highest BCUT2D eigenvalue weighted by atomic mass is 19.4. The molecule has 0 bridgehead atoms. The van der Waals surface area contributed by atoms with E-state index in [0.29, 0.717) is 25.1 Å². The van der Waals surface area contributed by atoms with E-state index in [1.165, 1.54) is 17.7 Å². The fourth-order valence-electron chi connectivity index (χ4n) is 2.68. The molecule has 1 heterocycles. The van der Waals surface area contributed by atoms with Gasteiger partial charge in [0.25, 0.3) is 5.78 Å². The molecule has 1 amide bonds. The Balaban J connectivity index is 2.45. The number of nitrogens with zero attached hydrogens (tertiary/aromatic N) is 1. The molecule has 0 saturated carbocycles. The van der Waals surface area contributed by atoms with E-state index < -0.39 is 17.5 Å². The van der Waals surface area contributed by atoms with E-state index in [4.69, 9.17) is 4.74 Å². The summed E-state index contributed by atoms with van der Waals surface area (Å²) in [6.45, 7) is 2.30. The standard InChI is InChI=1S/C17H19F3N2O3/c1-3-11-5-4-6-12-13(16(24)17(18,19)20)9-22(15(11)12)10-14(23)21-7-8-25-2/h4-6,9H,3,7-8,10H2,1-2H3,(H,21,23). The summed E-state index contributed by atoms with van der Waals surface area (Å²) in [5.41, 5.74) is 0.797. The van der Waals surface area contributed by atoms with Crippen molar-refractivity contribution < 1.29 is 27.5 Å². The summed E-state index contributed by atoms with van der Waals surface area (Å²) >= 11 is 0. The number of halogens is 3. The normalized spacial score (nSPS) is 11.7. The molecule has 1 N–H and O–H groups in total. The van der Waals surface area contributed by atoms with Gasteiger partial charge in [0, 0.05) is 25.2 Å². The molecule has 0 spiro atoms. The monoisotopic (exact) mass is 356 g/mol. The Bertz CT molecular complexity index is 781. The molecule has 0 aliphatic rings. The van der Waals surface area contributed by atoms with Gasteiger partial charge in [-0.2, -0.15) is 13.2 Å². The van der Waals surface area contributed by atoms with Crippen molar-refractivity contribution >= 4 is 22.6 Å². The lowest BCUT2D eigenvalue weighted by molar-refractivity contribution is -0.121. The number of carbonyl (C=O) groups excluding carboxylic acids is 2. The number of fused-ring (bicyclic) bond motifs is 1. The number of carbonyl (C=O) groups is 2. The molecule has 0 unspecified atom stereocenters. The maximum Gasteiger partial charge on any atom is 0.454 e. The van der Waals surface area contributed by atoms with Gasteiger partial charge in [-0.25, -0.2) is 0 Å². The SMILES string of the molecule is CCc1cccc2c(C(=O)C(F)(F)F)cn(CC(=O)NCCOC)c12. The molecular weight excluding hydrogens is 337 g/mol. The van der Waals surface area contributed by atoms with Crippen molar-refractivity contribution in [2.45, 2.75) is 26.1 Å². The lowest BCUT2D eigenvalue weighted by atomic mass is 10.0. The third kappa shape index (κ3) is 4.19. The highest BCUT2D eigenvalue weighted by molar-refractivity contribution is 6.11. The smallest absolute Gasteiger partial charge is 0.383 e. The van der Waals surface area contributed by atoms with Gasteiger partial charge < -0.3 is 14.6 Å². The molecule has 2 aromatic rings. The summed E-state index contributed by atoms with van der Waals surface area (Å²) in [7, 11) is 1.49. The first kappa shape index (κ1) is 19.0. The number of alkyl halides is 3. The van der Waals surface area contributed by atoms with Crippen molar-refractivity contribution in [2.75, 3.05) is 20.3 Å². The highest BCUT2D eigenvalue weighted by Gasteiger charge is 2.41. The number of Topliss-reactive ketones (excluding diaryl/α,β-unsaturated/α-hetero) is 1. The summed E-state index contributed by atoms with van der Waals surface area (Å²) < 4.78 is 44.8. The summed E-state index contributed by atoms with van der Waals surface area (Å²) in [6, 6.07) is 4.84. The van der Waals surface area contributed by atoms with Crippen LogP contribution < -0.4 is 5.32 Å². The topological polar surface area (TPSA) is 60.3 Å². The molecule has 0 atom stereocenters. The first-order valence-corrected chi connectivity index (χ1v) is 7.77. The van der Waals surface area contributed by atoms with Crippen LogP contribution in [0.1, 0.15) is 22.8 Å². The second kappa shape index (κ2) is 7.69. The lowest BCUT2D eigenvalue weighted by Gasteiger charge is -2.09. The summed E-state index contributed by atoms with van der Waals surface area (Å²) in [6.07, 6.45) is -3.30. The van der Waals surface area contributed by atoms with Gasteiger partial charge >= 0.3 is 6.18 Å². The Kier molecular flexibility index (Phi) is 5.84. The molecule has 8 heteroatoms. The van der Waals surface area contributed by atoms with Crippen molar-refractivity contribution in [3.63, 3.8) is 0 Å². The molecule has 0 aliphatic carbocycles. The maximum absolute atomic E-state index is 12.9. The van der Waals surface area contributed by atoms with Crippen LogP contribution in [0.2, 0.25) is 0 Å². The first-order valence-electron chi connectivity index (χ1n) is 7.77. The van der Waals surface area contributed by atoms with Crippen molar-refractivity contribution in [3.8, 4) is 0 Å². The van der Waals surface area contributed by atoms with Crippen molar-refractivity contribution in [1.82, 2.24) is 9.88 Å². The van der Waals surface area contributed by atoms with Crippen LogP contribution in [0.25, 0.3) is 10.9 Å². The zero-order valence-electron chi connectivity index (χ0n) is 13.9. The zero-order valence-corrected chi connectivity index (χ0v) is 13.9. The number of methoxy groups -OCH3 is 1. The Hall–Kier alpha value is -2.35. The maximum atomic E-state index is 12.9. The van der Waals surface area contributed by atoms with Crippen LogP contribution in [0, 0.1) is 0 Å². The van der Waals surface area contributed by atoms with Gasteiger partial charge in [0.2, 0.25) is 5.91 Å². The van der Waals surface area contributed by atoms with Gasteiger partial charge in [0.1, 0.15) is 6.54 Å². The van der Waals surface area contributed by atoms with Gasteiger partial charge in [0.05, 0.1) is 17.7 Å². The number of rotatable bonds is 7. The summed E-state index contributed by atoms with van der Waals surface area (Å²) in [5, 5.41) is 2.81. The minimum absolute atomic E-state index is 0.178. The number of para-hydroxylation sites is 1. The molecule has 0 saturated heterocycles. The highest BCUT2D eigenvalue weighted by Crippen LogP contribution is 2.30. The van der Waals surface area contributed by atoms with Gasteiger partial charge in [-0.3, -0.25) is 9.59 Å². The van der Waals surface area contributed by atoms with Crippen LogP contribution >= 0.6 is 0 Å². The number of aryl methyl sites for hydroxylation is 1. The number of nitrogens with one attached hydrogen (secondary N) is 1. The van der Waals surface area contributed by atoms with Crippen LogP contribution in [-0.4, -0.2) is 42.7 Å². The zero-order chi connectivity index (χ0) is 18.6. The van der Waals surface area contributed by atoms with Gasteiger partial charge in [0.15, 0.2) is 0 Å². The number of hydrogen-bond acceptors (Lipinski definition) is 3. The van der Waals surface area contributed by atoms with E-state index in [-0.39, 0.29) is 17.8 Å². The van der Waals surface area contributed by atoms with Crippen molar-refractivity contribution in [2.24, 2.45) is 0 Å². The van der Waals surface area contributed by atoms with E-state index >= 15 is 0 Å². The molecule has 5 nitrogen and oxygen atoms in total. The molecule has 25 heavy (non-hydrogen) atoms. The fourth-order valence-corrected chi connectivity index (χ4v) is 2.68. The Labute approximate surface area is 142 Å². The fraction of sp³-hybridized carbons (Fsp3) is 0.412. The van der Waals surface area contributed by atoms with Crippen LogP contribution in [0.15, 0.2) is 24.4 Å². The minimum Gasteiger partial charge on any atom is -0.383 e. The molecule has 136 valence electrons. The van der Waals surface area contributed by atoms with E-state index in [1.807, 2.05) is 6.92 Å². The molecular formula is C17H19F3N2O3. The van der Waals surface area contributed by atoms with E-state index in [9.17, 15) is 22.8 Å². The molecule has 2 rings (SSSR count). The molecule has 0 fully saturated rings. The third-order valence-corrected chi connectivity index (χ3v) is 3.81. The summed E-state index contributed by atoms with van der Waals surface area (Å²) in [5.74, 6) is -2.28. The van der Waals surface area contributed by atoms with Crippen LogP contribution in [0.3, 0.4) is 0 Å². The number of hydrogen-bond donors (Lipinski definition) is 1. The quantitative estimate of drug-likeness (QED) is 0.613. The number of ether oxygens (including phenoxy) is 1. The average Bonchev–Trinajstić information content (AvgIpc) is 2.92. The number of aromatic nitrogens is 1. The molecule has 0 aliphatic heterocycles. The Morgan fingerprint density at radius 1 is 1.28 bits per heavy atom. The van der Waals surface area contributed by atoms with Crippen LogP contribution in [0.4, 0.5) is 13.2 Å². The van der Waals surface area contributed by atoms with Crippen LogP contribution in [-0.2, 0) is 22.5 Å². The predicted octanol–water partition coefficient (Wildman–Crippen LogP) is 2.71. The third-order valence-electron chi connectivity index (χ3n) is 3.81. The molecule has 1 aromatic heterocycles. The second-order valence-corrected chi connectivity index (χ2v) is 5.51. The van der Waals surface area contributed by atoms with Crippen molar-refractivity contribution in [3.05, 3.63) is 35.5 Å². The average molecular weight is 356 g/mol. The Morgan fingerprint density at radius 3 is 2.60 bits per heavy atom. The summed E-state index contributed by atoms with van der Waals surface area (Å²) in [4.78, 5) is 23.7. The number of ketones is 1. The predicted molar refractivity (Wildman–Crippen MR) is 86.6 cm³/mol. The van der Waals surface area contributed by atoms with Gasteiger partial charge in [-0.05, 0) is 12.0 Å². The van der Waals surface area contributed by atoms with E-state index in [1.54, 1.807) is 12.1 Å². The minimum atomic E-state index is -4.97. The largest absolute Gasteiger partial charge is 0.454 e. The second-order valence-electron chi connectivity index (χ2n) is 5.51. The van der Waals surface area contributed by atoms with Crippen LogP contribution in [0.5, 0.6) is 0 Å².